The van der Waals surface area contributed by atoms with Crippen molar-refractivity contribution in [1.29, 1.82) is 0 Å². The molecule has 0 aliphatic carbocycles. The van der Waals surface area contributed by atoms with Gasteiger partial charge in [-0.05, 0) is 11.5 Å². The van der Waals surface area contributed by atoms with E-state index in [4.69, 9.17) is 16.7 Å². The zero-order valence-electron chi connectivity index (χ0n) is 10.6. The fourth-order valence-electron chi connectivity index (χ4n) is 1.48. The third-order valence-electron chi connectivity index (χ3n) is 2.62. The molecule has 18 heavy (non-hydrogen) atoms. The molecule has 5 nitrogen and oxygen atoms in total. The number of hydrogen-bond donors (Lipinski definition) is 3. The molecule has 100 valence electrons. The third kappa shape index (κ3) is 4.07. The van der Waals surface area contributed by atoms with Gasteiger partial charge in [-0.3, -0.25) is 9.59 Å². The van der Waals surface area contributed by atoms with Crippen LogP contribution in [0.15, 0.2) is 12.3 Å². The second-order valence-electron chi connectivity index (χ2n) is 5.22. The normalized spacial score (nSPS) is 13.1. The Morgan fingerprint density at radius 3 is 2.50 bits per heavy atom. The average Bonchev–Trinajstić information content (AvgIpc) is 2.61. The largest absolute Gasteiger partial charge is 0.481 e. The Hall–Kier alpha value is -1.49. The molecule has 0 aliphatic rings. The molecule has 0 spiro atoms. The second kappa shape index (κ2) is 5.44. The van der Waals surface area contributed by atoms with Gasteiger partial charge in [0.1, 0.15) is 5.69 Å². The van der Waals surface area contributed by atoms with Gasteiger partial charge in [0.2, 0.25) is 0 Å². The van der Waals surface area contributed by atoms with Crippen LogP contribution in [0.25, 0.3) is 0 Å². The summed E-state index contributed by atoms with van der Waals surface area (Å²) in [5, 5.41) is 12.0. The Balaban J connectivity index is 2.78. The highest BCUT2D eigenvalue weighted by Crippen LogP contribution is 2.22. The van der Waals surface area contributed by atoms with Gasteiger partial charge in [0, 0.05) is 12.2 Å². The van der Waals surface area contributed by atoms with Crippen LogP contribution in [0.1, 0.15) is 37.7 Å². The zero-order chi connectivity index (χ0) is 13.9. The molecule has 0 saturated carbocycles. The predicted molar refractivity (Wildman–Crippen MR) is 68.8 cm³/mol. The molecule has 1 atom stereocenters. The molecule has 3 N–H and O–H groups in total. The van der Waals surface area contributed by atoms with Gasteiger partial charge in [0.25, 0.3) is 5.91 Å². The minimum Gasteiger partial charge on any atom is -0.481 e. The van der Waals surface area contributed by atoms with Crippen molar-refractivity contribution in [3.63, 3.8) is 0 Å². The SMILES string of the molecule is CC(C)(C)C(CC(=O)O)NC(=O)c1cc(Cl)c[nH]1. The Morgan fingerprint density at radius 1 is 1.50 bits per heavy atom. The first-order chi connectivity index (χ1) is 8.20. The molecule has 1 aromatic heterocycles. The summed E-state index contributed by atoms with van der Waals surface area (Å²) in [6.07, 6.45) is 1.38. The van der Waals surface area contributed by atoms with Crippen molar-refractivity contribution in [1.82, 2.24) is 10.3 Å². The van der Waals surface area contributed by atoms with Crippen molar-refractivity contribution in [2.45, 2.75) is 33.2 Å². The van der Waals surface area contributed by atoms with Gasteiger partial charge in [-0.1, -0.05) is 32.4 Å². The number of carboxylic acid groups (broad SMARTS) is 1. The van der Waals surface area contributed by atoms with E-state index in [-0.39, 0.29) is 17.7 Å². The first kappa shape index (κ1) is 14.6. The summed E-state index contributed by atoms with van der Waals surface area (Å²) in [5.74, 6) is -1.30. The lowest BCUT2D eigenvalue weighted by Gasteiger charge is -2.30. The summed E-state index contributed by atoms with van der Waals surface area (Å²) >= 11 is 5.71. The van der Waals surface area contributed by atoms with Crippen molar-refractivity contribution in [3.05, 3.63) is 23.0 Å². The van der Waals surface area contributed by atoms with Gasteiger partial charge in [-0.15, -0.1) is 0 Å². The van der Waals surface area contributed by atoms with E-state index in [1.54, 1.807) is 0 Å². The average molecular weight is 273 g/mol. The van der Waals surface area contributed by atoms with Crippen LogP contribution >= 0.6 is 11.6 Å². The van der Waals surface area contributed by atoms with Gasteiger partial charge < -0.3 is 15.4 Å². The minimum absolute atomic E-state index is 0.121. The van der Waals surface area contributed by atoms with Gasteiger partial charge in [0.15, 0.2) is 0 Å². The summed E-state index contributed by atoms with van der Waals surface area (Å²) in [5.41, 5.74) is -0.0237. The highest BCUT2D eigenvalue weighted by Gasteiger charge is 2.29. The van der Waals surface area contributed by atoms with E-state index in [0.717, 1.165) is 0 Å². The van der Waals surface area contributed by atoms with Crippen molar-refractivity contribution >= 4 is 23.5 Å². The number of carbonyl (C=O) groups excluding carboxylic acids is 1. The molecule has 1 aromatic rings. The Morgan fingerprint density at radius 2 is 2.11 bits per heavy atom. The molecule has 0 fully saturated rings. The first-order valence-electron chi connectivity index (χ1n) is 5.56. The Bertz CT molecular complexity index is 448. The van der Waals surface area contributed by atoms with Crippen LogP contribution in [0, 0.1) is 5.41 Å². The van der Waals surface area contributed by atoms with Crippen LogP contribution in [-0.4, -0.2) is 28.0 Å². The second-order valence-corrected chi connectivity index (χ2v) is 5.66. The standard InChI is InChI=1S/C12H17ClN2O3/c1-12(2,3)9(5-10(16)17)15-11(18)8-4-7(13)6-14-8/h4,6,9,14H,5H2,1-3H3,(H,15,18)(H,16,17). The van der Waals surface area contributed by atoms with Crippen molar-refractivity contribution in [2.75, 3.05) is 0 Å². The Kier molecular flexibility index (Phi) is 4.40. The molecule has 1 heterocycles. The number of carbonyl (C=O) groups is 2. The highest BCUT2D eigenvalue weighted by atomic mass is 35.5. The van der Waals surface area contributed by atoms with Gasteiger partial charge in [-0.25, -0.2) is 0 Å². The number of nitrogens with one attached hydrogen (secondary N) is 2. The lowest BCUT2D eigenvalue weighted by atomic mass is 9.84. The van der Waals surface area contributed by atoms with Crippen LogP contribution in [0.2, 0.25) is 5.02 Å². The summed E-state index contributed by atoms with van der Waals surface area (Å²) in [7, 11) is 0. The van der Waals surface area contributed by atoms with Crippen molar-refractivity contribution < 1.29 is 14.7 Å². The van der Waals surface area contributed by atoms with E-state index < -0.39 is 12.0 Å². The monoisotopic (exact) mass is 272 g/mol. The van der Waals surface area contributed by atoms with Crippen LogP contribution in [0.5, 0.6) is 0 Å². The fourth-order valence-corrected chi connectivity index (χ4v) is 1.65. The number of rotatable bonds is 4. The van der Waals surface area contributed by atoms with Crippen molar-refractivity contribution in [3.8, 4) is 0 Å². The highest BCUT2D eigenvalue weighted by molar-refractivity contribution is 6.30. The molecule has 6 heteroatoms. The number of aliphatic carboxylic acids is 1. The molecule has 0 bridgehead atoms. The van der Waals surface area contributed by atoms with Gasteiger partial charge in [-0.2, -0.15) is 0 Å². The van der Waals surface area contributed by atoms with Crippen LogP contribution in [-0.2, 0) is 4.79 Å². The van der Waals surface area contributed by atoms with Crippen molar-refractivity contribution in [2.24, 2.45) is 5.41 Å². The molecule has 0 aliphatic heterocycles. The smallest absolute Gasteiger partial charge is 0.305 e. The van der Waals surface area contributed by atoms with Crippen LogP contribution in [0.3, 0.4) is 0 Å². The van der Waals surface area contributed by atoms with E-state index in [0.29, 0.717) is 10.7 Å². The number of hydrogen-bond acceptors (Lipinski definition) is 2. The molecule has 0 saturated heterocycles. The van der Waals surface area contributed by atoms with E-state index in [2.05, 4.69) is 10.3 Å². The fraction of sp³-hybridized carbons (Fsp3) is 0.500. The lowest BCUT2D eigenvalue weighted by Crippen LogP contribution is -2.45. The molecular formula is C12H17ClN2O3. The van der Waals surface area contributed by atoms with E-state index in [1.807, 2.05) is 20.8 Å². The molecular weight excluding hydrogens is 256 g/mol. The molecule has 0 aromatic carbocycles. The van der Waals surface area contributed by atoms with E-state index >= 15 is 0 Å². The molecule has 1 unspecified atom stereocenters. The zero-order valence-corrected chi connectivity index (χ0v) is 11.3. The van der Waals surface area contributed by atoms with Gasteiger partial charge >= 0.3 is 5.97 Å². The maximum atomic E-state index is 11.9. The molecule has 1 amide bonds. The third-order valence-corrected chi connectivity index (χ3v) is 2.84. The summed E-state index contributed by atoms with van der Waals surface area (Å²) in [6.45, 7) is 5.63. The van der Waals surface area contributed by atoms with Crippen LogP contribution in [0.4, 0.5) is 0 Å². The van der Waals surface area contributed by atoms with Crippen LogP contribution < -0.4 is 5.32 Å². The van der Waals surface area contributed by atoms with Gasteiger partial charge in [0.05, 0.1) is 11.4 Å². The quantitative estimate of drug-likeness (QED) is 0.786. The summed E-state index contributed by atoms with van der Waals surface area (Å²) in [4.78, 5) is 25.4. The number of halogens is 1. The Labute approximate surface area is 111 Å². The number of aromatic nitrogens is 1. The molecule has 0 radical (unpaired) electrons. The number of carboxylic acids is 1. The predicted octanol–water partition coefficient (Wildman–Crippen LogP) is 2.29. The van der Waals surface area contributed by atoms with E-state index in [9.17, 15) is 9.59 Å². The summed E-state index contributed by atoms with van der Waals surface area (Å²) < 4.78 is 0. The minimum atomic E-state index is -0.945. The lowest BCUT2D eigenvalue weighted by molar-refractivity contribution is -0.138. The topological polar surface area (TPSA) is 82.2 Å². The maximum absolute atomic E-state index is 11.9. The summed E-state index contributed by atoms with van der Waals surface area (Å²) in [6, 6.07) is 1.04. The maximum Gasteiger partial charge on any atom is 0.305 e. The first-order valence-corrected chi connectivity index (χ1v) is 5.94. The van der Waals surface area contributed by atoms with E-state index in [1.165, 1.54) is 12.3 Å². The number of aromatic amines is 1. The number of H-pyrrole nitrogens is 1. The molecule has 1 rings (SSSR count). The number of amides is 1.